The Morgan fingerprint density at radius 2 is 1.65 bits per heavy atom. The Hall–Kier alpha value is -2.64. The van der Waals surface area contributed by atoms with Gasteiger partial charge in [0.15, 0.2) is 0 Å². The molecule has 0 N–H and O–H groups in total. The van der Waals surface area contributed by atoms with Crippen molar-refractivity contribution in [2.75, 3.05) is 0 Å². The molecule has 0 saturated carbocycles. The molecule has 26 heavy (non-hydrogen) atoms. The molecule has 4 aromatic rings. The SMILES string of the molecule is O=S(=O)(c1cccc(F)c1)c1sc2ncccc2c1-c1ccc(F)cc1. The number of benzene rings is 2. The standard InChI is InChI=1S/C19H11F2NO2S2/c20-13-8-6-12(7-9-13)17-16-5-2-10-22-18(16)25-19(17)26(23,24)15-4-1-3-14(21)11-15/h1-11H. The minimum Gasteiger partial charge on any atom is -0.245 e. The second kappa shape index (κ2) is 6.26. The minimum atomic E-state index is -3.97. The first kappa shape index (κ1) is 16.8. The molecule has 2 heterocycles. The van der Waals surface area contributed by atoms with Gasteiger partial charge in [-0.25, -0.2) is 22.2 Å². The number of rotatable bonds is 3. The maximum atomic E-state index is 13.6. The highest BCUT2D eigenvalue weighted by Gasteiger charge is 2.27. The zero-order valence-electron chi connectivity index (χ0n) is 13.2. The van der Waals surface area contributed by atoms with E-state index < -0.39 is 21.5 Å². The molecule has 7 heteroatoms. The molecular weight excluding hydrogens is 376 g/mol. The smallest absolute Gasteiger partial charge is 0.216 e. The third-order valence-corrected chi connectivity index (χ3v) is 7.30. The molecule has 2 aromatic heterocycles. The number of pyridine rings is 1. The molecular formula is C19H11F2NO2S2. The largest absolute Gasteiger partial charge is 0.245 e. The number of thiophene rings is 1. The summed E-state index contributed by atoms with van der Waals surface area (Å²) >= 11 is 1.02. The fourth-order valence-corrected chi connectivity index (χ4v) is 5.83. The first-order valence-electron chi connectivity index (χ1n) is 7.61. The predicted molar refractivity (Wildman–Crippen MR) is 96.9 cm³/mol. The van der Waals surface area contributed by atoms with Gasteiger partial charge in [-0.2, -0.15) is 0 Å². The van der Waals surface area contributed by atoms with E-state index in [9.17, 15) is 17.2 Å². The van der Waals surface area contributed by atoms with Gasteiger partial charge in [-0.05, 0) is 48.0 Å². The summed E-state index contributed by atoms with van der Waals surface area (Å²) in [6.07, 6.45) is 1.58. The van der Waals surface area contributed by atoms with Crippen LogP contribution in [0.15, 0.2) is 76.0 Å². The zero-order valence-corrected chi connectivity index (χ0v) is 14.8. The topological polar surface area (TPSA) is 47.0 Å². The normalized spacial score (nSPS) is 11.8. The molecule has 130 valence electrons. The van der Waals surface area contributed by atoms with Gasteiger partial charge < -0.3 is 0 Å². The van der Waals surface area contributed by atoms with Crippen LogP contribution in [0, 0.1) is 11.6 Å². The lowest BCUT2D eigenvalue weighted by Gasteiger charge is -2.07. The van der Waals surface area contributed by atoms with Crippen LogP contribution in [-0.4, -0.2) is 13.4 Å². The first-order valence-corrected chi connectivity index (χ1v) is 9.91. The second-order valence-electron chi connectivity index (χ2n) is 5.59. The molecule has 0 atom stereocenters. The Bertz CT molecular complexity index is 1220. The van der Waals surface area contributed by atoms with Gasteiger partial charge in [0.05, 0.1) is 4.90 Å². The van der Waals surface area contributed by atoms with Crippen LogP contribution in [0.5, 0.6) is 0 Å². The molecule has 4 rings (SSSR count). The van der Waals surface area contributed by atoms with Gasteiger partial charge >= 0.3 is 0 Å². The molecule has 0 amide bonds. The maximum absolute atomic E-state index is 13.6. The van der Waals surface area contributed by atoms with Crippen molar-refractivity contribution < 1.29 is 17.2 Å². The summed E-state index contributed by atoms with van der Waals surface area (Å²) in [6, 6.07) is 13.9. The highest BCUT2D eigenvalue weighted by Crippen LogP contribution is 2.42. The molecule has 0 unspecified atom stereocenters. The van der Waals surface area contributed by atoms with E-state index in [1.165, 1.54) is 42.5 Å². The molecule has 0 fully saturated rings. The highest BCUT2D eigenvalue weighted by atomic mass is 32.2. The first-order chi connectivity index (χ1) is 12.5. The van der Waals surface area contributed by atoms with E-state index in [1.807, 2.05) is 0 Å². The minimum absolute atomic E-state index is 0.0587. The number of hydrogen-bond donors (Lipinski definition) is 0. The van der Waals surface area contributed by atoms with Gasteiger partial charge in [0.2, 0.25) is 9.84 Å². The lowest BCUT2D eigenvalue weighted by molar-refractivity contribution is 0.593. The van der Waals surface area contributed by atoms with Crippen LogP contribution in [0.4, 0.5) is 8.78 Å². The van der Waals surface area contributed by atoms with Gasteiger partial charge in [-0.15, -0.1) is 11.3 Å². The van der Waals surface area contributed by atoms with E-state index in [4.69, 9.17) is 0 Å². The summed E-state index contributed by atoms with van der Waals surface area (Å²) in [4.78, 5) is 4.65. The Kier molecular flexibility index (Phi) is 4.05. The number of aromatic nitrogens is 1. The van der Waals surface area contributed by atoms with E-state index in [2.05, 4.69) is 4.98 Å². The number of sulfone groups is 1. The van der Waals surface area contributed by atoms with E-state index in [1.54, 1.807) is 18.3 Å². The summed E-state index contributed by atoms with van der Waals surface area (Å²) in [7, 11) is -3.97. The van der Waals surface area contributed by atoms with Crippen LogP contribution >= 0.6 is 11.3 Å². The van der Waals surface area contributed by atoms with Gasteiger partial charge in [0, 0.05) is 17.1 Å². The van der Waals surface area contributed by atoms with Gasteiger partial charge in [-0.1, -0.05) is 18.2 Å². The molecule has 3 nitrogen and oxygen atoms in total. The molecule has 0 aliphatic heterocycles. The van der Waals surface area contributed by atoms with Crippen LogP contribution in [0.2, 0.25) is 0 Å². The van der Waals surface area contributed by atoms with Crippen molar-refractivity contribution in [1.82, 2.24) is 4.98 Å². The van der Waals surface area contributed by atoms with Crippen molar-refractivity contribution in [1.29, 1.82) is 0 Å². The second-order valence-corrected chi connectivity index (χ2v) is 8.73. The zero-order chi connectivity index (χ0) is 18.3. The van der Waals surface area contributed by atoms with Gasteiger partial charge in [-0.3, -0.25) is 0 Å². The fourth-order valence-electron chi connectivity index (χ4n) is 2.73. The molecule has 0 spiro atoms. The summed E-state index contributed by atoms with van der Waals surface area (Å²) in [5.41, 5.74) is 1.00. The van der Waals surface area contributed by atoms with Crippen LogP contribution < -0.4 is 0 Å². The average molecular weight is 387 g/mol. The summed E-state index contributed by atoms with van der Waals surface area (Å²) in [5.74, 6) is -1.05. The third-order valence-electron chi connectivity index (χ3n) is 3.92. The monoisotopic (exact) mass is 387 g/mol. The van der Waals surface area contributed by atoms with Crippen molar-refractivity contribution in [2.45, 2.75) is 9.10 Å². The van der Waals surface area contributed by atoms with Crippen LogP contribution in [0.1, 0.15) is 0 Å². The van der Waals surface area contributed by atoms with E-state index in [0.717, 1.165) is 17.4 Å². The number of fused-ring (bicyclic) bond motifs is 1. The van der Waals surface area contributed by atoms with Gasteiger partial charge in [0.1, 0.15) is 20.7 Å². The van der Waals surface area contributed by atoms with E-state index >= 15 is 0 Å². The van der Waals surface area contributed by atoms with Crippen molar-refractivity contribution in [3.63, 3.8) is 0 Å². The highest BCUT2D eigenvalue weighted by molar-refractivity contribution is 7.93. The van der Waals surface area contributed by atoms with Crippen molar-refractivity contribution in [3.8, 4) is 11.1 Å². The molecule has 2 aromatic carbocycles. The summed E-state index contributed by atoms with van der Waals surface area (Å²) < 4.78 is 53.3. The number of hydrogen-bond acceptors (Lipinski definition) is 4. The van der Waals surface area contributed by atoms with E-state index in [-0.39, 0.29) is 9.10 Å². The lowest BCUT2D eigenvalue weighted by atomic mass is 10.1. The average Bonchev–Trinajstić information content (AvgIpc) is 3.03. The molecule has 0 saturated heterocycles. The van der Waals surface area contributed by atoms with E-state index in [0.29, 0.717) is 21.3 Å². The fraction of sp³-hybridized carbons (Fsp3) is 0. The van der Waals surface area contributed by atoms with Crippen molar-refractivity contribution in [3.05, 3.63) is 78.5 Å². The Morgan fingerprint density at radius 3 is 2.38 bits per heavy atom. The Labute approximate surface area is 152 Å². The van der Waals surface area contributed by atoms with Crippen LogP contribution in [0.3, 0.4) is 0 Å². The Balaban J connectivity index is 2.04. The Morgan fingerprint density at radius 1 is 0.885 bits per heavy atom. The van der Waals surface area contributed by atoms with Crippen molar-refractivity contribution >= 4 is 31.4 Å². The van der Waals surface area contributed by atoms with Gasteiger partial charge in [0.25, 0.3) is 0 Å². The molecule has 0 bridgehead atoms. The number of nitrogens with zero attached hydrogens (tertiary/aromatic N) is 1. The quantitative estimate of drug-likeness (QED) is 0.493. The van der Waals surface area contributed by atoms with Crippen molar-refractivity contribution in [2.24, 2.45) is 0 Å². The molecule has 0 radical (unpaired) electrons. The van der Waals surface area contributed by atoms with Crippen LogP contribution in [-0.2, 0) is 9.84 Å². The molecule has 0 aliphatic rings. The maximum Gasteiger partial charge on any atom is 0.216 e. The predicted octanol–water partition coefficient (Wildman–Crippen LogP) is 5.07. The third kappa shape index (κ3) is 2.79. The summed E-state index contributed by atoms with van der Waals surface area (Å²) in [5, 5.41) is 0.652. The number of halogens is 2. The lowest BCUT2D eigenvalue weighted by Crippen LogP contribution is -2.02. The summed E-state index contributed by atoms with van der Waals surface area (Å²) in [6.45, 7) is 0. The molecule has 0 aliphatic carbocycles. The van der Waals surface area contributed by atoms with Crippen LogP contribution in [0.25, 0.3) is 21.3 Å².